The zero-order valence-corrected chi connectivity index (χ0v) is 18.7. The molecule has 3 aromatic rings. The van der Waals surface area contributed by atoms with Crippen molar-refractivity contribution in [3.05, 3.63) is 52.3 Å². The van der Waals surface area contributed by atoms with Gasteiger partial charge in [-0.15, -0.1) is 0 Å². The summed E-state index contributed by atoms with van der Waals surface area (Å²) < 4.78 is 15.3. The second kappa shape index (κ2) is 8.19. The molecule has 0 atom stereocenters. The molecule has 1 amide bonds. The fourth-order valence-electron chi connectivity index (χ4n) is 3.21. The number of carbonyl (C=O) groups is 1. The van der Waals surface area contributed by atoms with E-state index in [1.54, 1.807) is 12.1 Å². The van der Waals surface area contributed by atoms with E-state index in [2.05, 4.69) is 20.6 Å². The summed E-state index contributed by atoms with van der Waals surface area (Å²) in [6.45, 7) is 8.47. The molecule has 3 aromatic heterocycles. The molecule has 5 N–H and O–H groups in total. The molecule has 0 bridgehead atoms. The molecule has 0 saturated carbocycles. The van der Waals surface area contributed by atoms with Crippen molar-refractivity contribution in [2.45, 2.75) is 52.3 Å². The van der Waals surface area contributed by atoms with Gasteiger partial charge in [-0.25, -0.2) is 14.4 Å². The number of halogens is 1. The summed E-state index contributed by atoms with van der Waals surface area (Å²) >= 11 is 0. The van der Waals surface area contributed by atoms with Crippen LogP contribution in [0.25, 0.3) is 10.8 Å². The summed E-state index contributed by atoms with van der Waals surface area (Å²) in [5.74, 6) is -0.310. The van der Waals surface area contributed by atoms with E-state index in [4.69, 9.17) is 5.73 Å². The largest absolute Gasteiger partial charge is 0.386 e. The summed E-state index contributed by atoms with van der Waals surface area (Å²) in [7, 11) is 0. The van der Waals surface area contributed by atoms with Crippen molar-refractivity contribution in [3.63, 3.8) is 0 Å². The molecule has 0 unspecified atom stereocenters. The molecule has 3 rings (SSSR count). The number of aromatic nitrogens is 3. The molecule has 32 heavy (non-hydrogen) atoms. The maximum absolute atomic E-state index is 14.1. The molecule has 0 aromatic carbocycles. The van der Waals surface area contributed by atoms with Crippen LogP contribution >= 0.6 is 0 Å². The van der Waals surface area contributed by atoms with Gasteiger partial charge in [0, 0.05) is 17.3 Å². The Morgan fingerprint density at radius 2 is 1.91 bits per heavy atom. The monoisotopic (exact) mass is 442 g/mol. The highest BCUT2D eigenvalue weighted by Gasteiger charge is 2.22. The molecule has 0 aliphatic rings. The van der Waals surface area contributed by atoms with Crippen LogP contribution in [0.4, 0.5) is 21.8 Å². The van der Waals surface area contributed by atoms with Gasteiger partial charge in [0.15, 0.2) is 0 Å². The van der Waals surface area contributed by atoms with Crippen LogP contribution in [0.5, 0.6) is 0 Å². The number of amides is 1. The summed E-state index contributed by atoms with van der Waals surface area (Å²) in [4.78, 5) is 32.9. The Hall–Kier alpha value is -3.53. The van der Waals surface area contributed by atoms with E-state index in [-0.39, 0.29) is 17.9 Å². The van der Waals surface area contributed by atoms with E-state index in [0.717, 1.165) is 6.20 Å². The first-order valence-corrected chi connectivity index (χ1v) is 10.0. The lowest BCUT2D eigenvalue weighted by atomic mass is 9.99. The Labute approximate surface area is 184 Å². The van der Waals surface area contributed by atoms with E-state index in [9.17, 15) is 19.1 Å². The number of primary amides is 1. The highest BCUT2D eigenvalue weighted by atomic mass is 19.1. The van der Waals surface area contributed by atoms with Gasteiger partial charge in [0.05, 0.1) is 17.2 Å². The molecule has 0 aliphatic carbocycles. The number of aliphatic hydroxyl groups is 1. The molecule has 0 aliphatic heterocycles. The Kier molecular flexibility index (Phi) is 5.92. The van der Waals surface area contributed by atoms with Gasteiger partial charge >= 0.3 is 0 Å². The maximum Gasteiger partial charge on any atom is 0.262 e. The normalized spacial score (nSPS) is 12.1. The highest BCUT2D eigenvalue weighted by molar-refractivity contribution is 5.93. The lowest BCUT2D eigenvalue weighted by Gasteiger charge is -2.23. The van der Waals surface area contributed by atoms with E-state index in [0.29, 0.717) is 22.4 Å². The Morgan fingerprint density at radius 1 is 1.22 bits per heavy atom. The second-order valence-corrected chi connectivity index (χ2v) is 9.14. The quantitative estimate of drug-likeness (QED) is 0.461. The first kappa shape index (κ1) is 23.1. The minimum atomic E-state index is -1.40. The standard InChI is InChI=1S/C22H27FN6O3/c1-21(2,3)28-19-18-12(6-7-29(20(18)31)11-15(24)30)8-17(27-19)26-16-9-13(22(4,5)32)14(23)10-25-16/h6-10,32H,11H2,1-5H3,(H2,24,30)(H2,25,26,27,28). The van der Waals surface area contributed by atoms with E-state index < -0.39 is 28.4 Å². The van der Waals surface area contributed by atoms with E-state index >= 15 is 0 Å². The maximum atomic E-state index is 14.1. The third-order valence-corrected chi connectivity index (χ3v) is 4.55. The van der Waals surface area contributed by atoms with E-state index in [1.165, 1.54) is 30.7 Å². The molecule has 0 spiro atoms. The van der Waals surface area contributed by atoms with Gasteiger partial charge in [0.2, 0.25) is 5.91 Å². The average molecular weight is 442 g/mol. The Bertz CT molecular complexity index is 1240. The molecule has 0 fully saturated rings. The van der Waals surface area contributed by atoms with Gasteiger partial charge in [-0.1, -0.05) is 0 Å². The number of nitrogens with one attached hydrogen (secondary N) is 2. The first-order chi connectivity index (χ1) is 14.7. The SMILES string of the molecule is CC(C)(C)Nc1nc(Nc2cc(C(C)(C)O)c(F)cn2)cc2ccn(CC(N)=O)c(=O)c12. The van der Waals surface area contributed by atoms with E-state index in [1.807, 2.05) is 20.8 Å². The van der Waals surface area contributed by atoms with Crippen LogP contribution < -0.4 is 21.9 Å². The van der Waals surface area contributed by atoms with Crippen molar-refractivity contribution >= 4 is 34.1 Å². The topological polar surface area (TPSA) is 135 Å². The van der Waals surface area contributed by atoms with Gasteiger partial charge in [0.1, 0.15) is 29.8 Å². The number of fused-ring (bicyclic) bond motifs is 1. The Morgan fingerprint density at radius 3 is 2.50 bits per heavy atom. The van der Waals surface area contributed by atoms with Gasteiger partial charge < -0.3 is 26.0 Å². The van der Waals surface area contributed by atoms with Gasteiger partial charge in [-0.2, -0.15) is 0 Å². The van der Waals surface area contributed by atoms with Crippen LogP contribution in [-0.2, 0) is 16.9 Å². The highest BCUT2D eigenvalue weighted by Crippen LogP contribution is 2.28. The van der Waals surface area contributed by atoms with Crippen molar-refractivity contribution in [2.75, 3.05) is 10.6 Å². The zero-order valence-electron chi connectivity index (χ0n) is 18.7. The van der Waals surface area contributed by atoms with Crippen LogP contribution in [0.1, 0.15) is 40.2 Å². The van der Waals surface area contributed by atoms with Crippen molar-refractivity contribution in [3.8, 4) is 0 Å². The number of nitrogens with zero attached hydrogens (tertiary/aromatic N) is 3. The van der Waals surface area contributed by atoms with Gasteiger partial charge in [-0.3, -0.25) is 9.59 Å². The third kappa shape index (κ3) is 5.20. The second-order valence-electron chi connectivity index (χ2n) is 9.14. The van der Waals surface area contributed by atoms with Gasteiger partial charge in [-0.05, 0) is 58.2 Å². The molecule has 0 radical (unpaired) electrons. The molecule has 3 heterocycles. The number of rotatable bonds is 6. The number of pyridine rings is 3. The van der Waals surface area contributed by atoms with Crippen molar-refractivity contribution in [1.82, 2.24) is 14.5 Å². The number of carbonyl (C=O) groups excluding carboxylic acids is 1. The fraction of sp³-hybridized carbons (Fsp3) is 0.364. The summed E-state index contributed by atoms with van der Waals surface area (Å²) in [6.07, 6.45) is 2.51. The number of hydrogen-bond acceptors (Lipinski definition) is 7. The lowest BCUT2D eigenvalue weighted by Crippen LogP contribution is -2.31. The molecule has 10 heteroatoms. The average Bonchev–Trinajstić information content (AvgIpc) is 2.63. The molecule has 170 valence electrons. The first-order valence-electron chi connectivity index (χ1n) is 10.0. The van der Waals surface area contributed by atoms with Crippen molar-refractivity contribution in [2.24, 2.45) is 5.73 Å². The van der Waals surface area contributed by atoms with Crippen LogP contribution in [0.15, 0.2) is 35.4 Å². The third-order valence-electron chi connectivity index (χ3n) is 4.55. The molecule has 0 saturated heterocycles. The van der Waals surface area contributed by atoms with Crippen LogP contribution in [-0.4, -0.2) is 31.1 Å². The lowest BCUT2D eigenvalue weighted by molar-refractivity contribution is -0.118. The smallest absolute Gasteiger partial charge is 0.262 e. The van der Waals surface area contributed by atoms with Gasteiger partial charge in [0.25, 0.3) is 5.56 Å². The molecular weight excluding hydrogens is 415 g/mol. The zero-order chi connectivity index (χ0) is 23.8. The molecule has 9 nitrogen and oxygen atoms in total. The molecular formula is C22H27FN6O3. The summed E-state index contributed by atoms with van der Waals surface area (Å²) in [5.41, 5.74) is 3.11. The summed E-state index contributed by atoms with van der Waals surface area (Å²) in [6, 6.07) is 4.73. The van der Waals surface area contributed by atoms with Crippen molar-refractivity contribution < 1.29 is 14.3 Å². The number of anilines is 3. The number of nitrogens with two attached hydrogens (primary N) is 1. The fourth-order valence-corrected chi connectivity index (χ4v) is 3.21. The summed E-state index contributed by atoms with van der Waals surface area (Å²) in [5, 5.41) is 17.3. The Balaban J connectivity index is 2.13. The minimum absolute atomic E-state index is 0.0816. The minimum Gasteiger partial charge on any atom is -0.386 e. The number of hydrogen-bond donors (Lipinski definition) is 4. The van der Waals surface area contributed by atoms with Crippen LogP contribution in [0.2, 0.25) is 0 Å². The van der Waals surface area contributed by atoms with Crippen molar-refractivity contribution in [1.29, 1.82) is 0 Å². The van der Waals surface area contributed by atoms with Crippen LogP contribution in [0, 0.1) is 5.82 Å². The predicted octanol–water partition coefficient (Wildman–Crippen LogP) is 2.60. The predicted molar refractivity (Wildman–Crippen MR) is 121 cm³/mol. The van der Waals surface area contributed by atoms with Crippen LogP contribution in [0.3, 0.4) is 0 Å².